The van der Waals surface area contributed by atoms with Gasteiger partial charge in [-0.25, -0.2) is 0 Å². The Hall–Kier alpha value is -1.65. The minimum Gasteiger partial charge on any atom is -0.409 e. The minimum absolute atomic E-state index is 0.0606. The van der Waals surface area contributed by atoms with Gasteiger partial charge in [-0.2, -0.15) is 0 Å². The topological polar surface area (TPSA) is 58.6 Å². The monoisotopic (exact) mass is 320 g/mol. The Kier molecular flexibility index (Phi) is 5.15. The van der Waals surface area contributed by atoms with Crippen molar-refractivity contribution < 1.29 is 5.21 Å². The molecule has 21 heavy (non-hydrogen) atoms. The van der Waals surface area contributed by atoms with Gasteiger partial charge in [-0.05, 0) is 37.1 Å². The van der Waals surface area contributed by atoms with Crippen molar-refractivity contribution >= 4 is 29.2 Å². The Bertz CT molecular complexity index is 686. The zero-order valence-electron chi connectivity index (χ0n) is 11.9. The Morgan fingerprint density at radius 1 is 1.24 bits per heavy atom. The quantitative estimate of drug-likeness (QED) is 0.289. The fourth-order valence-electron chi connectivity index (χ4n) is 2.00. The molecule has 0 aliphatic heterocycles. The summed E-state index contributed by atoms with van der Waals surface area (Å²) in [7, 11) is 0. The fraction of sp³-hybridized carbons (Fsp3) is 0.188. The molecule has 0 aliphatic carbocycles. The second kappa shape index (κ2) is 6.87. The Balaban J connectivity index is 2.13. The van der Waals surface area contributed by atoms with E-state index in [0.717, 1.165) is 11.3 Å². The van der Waals surface area contributed by atoms with Crippen LogP contribution in [0.3, 0.4) is 0 Å². The lowest BCUT2D eigenvalue weighted by molar-refractivity contribution is 0.318. The van der Waals surface area contributed by atoms with Crippen molar-refractivity contribution in [2.45, 2.75) is 24.5 Å². The third-order valence-corrected chi connectivity index (χ3v) is 4.75. The molecule has 0 unspecified atom stereocenters. The summed E-state index contributed by atoms with van der Waals surface area (Å²) in [6, 6.07) is 11.8. The van der Waals surface area contributed by atoms with Gasteiger partial charge in [0.05, 0.1) is 0 Å². The van der Waals surface area contributed by atoms with E-state index >= 15 is 0 Å². The van der Waals surface area contributed by atoms with Crippen molar-refractivity contribution in [1.29, 1.82) is 0 Å². The number of hydrogen-bond donors (Lipinski definition) is 2. The SMILES string of the molecule is Cc1ccc(SCc2ccc(/C(N)=N/O)cc2Cl)c(C)c1. The summed E-state index contributed by atoms with van der Waals surface area (Å²) in [6.07, 6.45) is 0. The van der Waals surface area contributed by atoms with E-state index in [2.05, 4.69) is 37.2 Å². The van der Waals surface area contributed by atoms with E-state index in [4.69, 9.17) is 22.5 Å². The van der Waals surface area contributed by atoms with Gasteiger partial charge in [0.15, 0.2) is 5.84 Å². The molecule has 0 bridgehead atoms. The van der Waals surface area contributed by atoms with Crippen molar-refractivity contribution in [2.24, 2.45) is 10.9 Å². The van der Waals surface area contributed by atoms with Crippen molar-refractivity contribution in [2.75, 3.05) is 0 Å². The first-order chi connectivity index (χ1) is 10.0. The number of amidine groups is 1. The van der Waals surface area contributed by atoms with Crippen molar-refractivity contribution in [3.63, 3.8) is 0 Å². The van der Waals surface area contributed by atoms with E-state index in [-0.39, 0.29) is 5.84 Å². The van der Waals surface area contributed by atoms with Crippen LogP contribution in [0, 0.1) is 13.8 Å². The summed E-state index contributed by atoms with van der Waals surface area (Å²) in [5.74, 6) is 0.838. The van der Waals surface area contributed by atoms with Gasteiger partial charge < -0.3 is 10.9 Å². The molecule has 0 aliphatic rings. The third kappa shape index (κ3) is 3.93. The number of aryl methyl sites for hydroxylation is 2. The normalized spacial score (nSPS) is 11.7. The van der Waals surface area contributed by atoms with E-state index in [0.29, 0.717) is 10.6 Å². The highest BCUT2D eigenvalue weighted by Gasteiger charge is 2.07. The van der Waals surface area contributed by atoms with Gasteiger partial charge in [0, 0.05) is 21.2 Å². The summed E-state index contributed by atoms with van der Waals surface area (Å²) in [5.41, 5.74) is 9.72. The molecule has 0 spiro atoms. The number of thioether (sulfide) groups is 1. The van der Waals surface area contributed by atoms with Gasteiger partial charge >= 0.3 is 0 Å². The summed E-state index contributed by atoms with van der Waals surface area (Å²) in [4.78, 5) is 1.25. The van der Waals surface area contributed by atoms with Crippen LogP contribution in [0.5, 0.6) is 0 Å². The molecule has 5 heteroatoms. The van der Waals surface area contributed by atoms with Crippen LogP contribution >= 0.6 is 23.4 Å². The molecule has 0 saturated heterocycles. The average molecular weight is 321 g/mol. The summed E-state index contributed by atoms with van der Waals surface area (Å²) in [6.45, 7) is 4.20. The number of nitrogens with zero attached hydrogens (tertiary/aromatic N) is 1. The van der Waals surface area contributed by atoms with Gasteiger partial charge in [-0.1, -0.05) is 46.6 Å². The van der Waals surface area contributed by atoms with Crippen LogP contribution in [0.15, 0.2) is 46.4 Å². The Morgan fingerprint density at radius 2 is 2.00 bits per heavy atom. The first-order valence-electron chi connectivity index (χ1n) is 6.47. The highest BCUT2D eigenvalue weighted by Crippen LogP contribution is 2.29. The van der Waals surface area contributed by atoms with Crippen LogP contribution in [-0.2, 0) is 5.75 Å². The molecule has 0 radical (unpaired) electrons. The Morgan fingerprint density at radius 3 is 2.62 bits per heavy atom. The van der Waals surface area contributed by atoms with Gasteiger partial charge in [0.1, 0.15) is 0 Å². The lowest BCUT2D eigenvalue weighted by Gasteiger charge is -2.09. The highest BCUT2D eigenvalue weighted by atomic mass is 35.5. The predicted octanol–water partition coefficient (Wildman–Crippen LogP) is 4.34. The lowest BCUT2D eigenvalue weighted by atomic mass is 10.1. The van der Waals surface area contributed by atoms with E-state index < -0.39 is 0 Å². The third-order valence-electron chi connectivity index (χ3n) is 3.17. The molecular weight excluding hydrogens is 304 g/mol. The number of rotatable bonds is 4. The van der Waals surface area contributed by atoms with Gasteiger partial charge in [-0.3, -0.25) is 0 Å². The maximum Gasteiger partial charge on any atom is 0.170 e. The number of hydrogen-bond acceptors (Lipinski definition) is 3. The molecule has 0 atom stereocenters. The maximum atomic E-state index is 8.67. The molecule has 0 heterocycles. The second-order valence-electron chi connectivity index (χ2n) is 4.85. The molecule has 2 aromatic carbocycles. The zero-order chi connectivity index (χ0) is 15.4. The average Bonchev–Trinajstić information content (AvgIpc) is 2.46. The minimum atomic E-state index is 0.0606. The largest absolute Gasteiger partial charge is 0.409 e. The van der Waals surface area contributed by atoms with Crippen LogP contribution in [0.2, 0.25) is 5.02 Å². The van der Waals surface area contributed by atoms with Crippen LogP contribution in [0.1, 0.15) is 22.3 Å². The van der Waals surface area contributed by atoms with E-state index in [1.165, 1.54) is 16.0 Å². The van der Waals surface area contributed by atoms with Crippen LogP contribution in [-0.4, -0.2) is 11.0 Å². The van der Waals surface area contributed by atoms with Gasteiger partial charge in [-0.15, -0.1) is 11.8 Å². The van der Waals surface area contributed by atoms with Gasteiger partial charge in [0.25, 0.3) is 0 Å². The molecule has 3 N–H and O–H groups in total. The standard InChI is InChI=1S/C16H17ClN2OS/c1-10-3-6-15(11(2)7-10)21-9-13-5-4-12(8-14(13)17)16(18)19-20/h3-8,20H,9H2,1-2H3,(H2,18,19). The van der Waals surface area contributed by atoms with E-state index in [1.54, 1.807) is 23.9 Å². The number of benzene rings is 2. The zero-order valence-corrected chi connectivity index (χ0v) is 13.5. The Labute approximate surface area is 133 Å². The van der Waals surface area contributed by atoms with Crippen LogP contribution in [0.4, 0.5) is 0 Å². The van der Waals surface area contributed by atoms with Crippen molar-refractivity contribution in [3.05, 3.63) is 63.7 Å². The van der Waals surface area contributed by atoms with E-state index in [9.17, 15) is 0 Å². The van der Waals surface area contributed by atoms with Crippen LogP contribution < -0.4 is 5.73 Å². The fourth-order valence-corrected chi connectivity index (χ4v) is 3.34. The molecule has 2 rings (SSSR count). The van der Waals surface area contributed by atoms with Gasteiger partial charge in [0.2, 0.25) is 0 Å². The molecular formula is C16H17ClN2OS. The molecule has 3 nitrogen and oxygen atoms in total. The molecule has 0 saturated carbocycles. The molecule has 0 amide bonds. The molecule has 0 fully saturated rings. The first kappa shape index (κ1) is 15.7. The summed E-state index contributed by atoms with van der Waals surface area (Å²) >= 11 is 8.00. The van der Waals surface area contributed by atoms with Crippen LogP contribution in [0.25, 0.3) is 0 Å². The second-order valence-corrected chi connectivity index (χ2v) is 6.27. The lowest BCUT2D eigenvalue weighted by Crippen LogP contribution is -2.12. The molecule has 2 aromatic rings. The molecule has 110 valence electrons. The number of nitrogens with two attached hydrogens (primary N) is 1. The first-order valence-corrected chi connectivity index (χ1v) is 7.84. The summed E-state index contributed by atoms with van der Waals surface area (Å²) in [5, 5.41) is 12.3. The number of oxime groups is 1. The van der Waals surface area contributed by atoms with Crippen molar-refractivity contribution in [1.82, 2.24) is 0 Å². The summed E-state index contributed by atoms with van der Waals surface area (Å²) < 4.78 is 0. The highest BCUT2D eigenvalue weighted by molar-refractivity contribution is 7.98. The number of halogens is 1. The maximum absolute atomic E-state index is 8.67. The molecule has 0 aromatic heterocycles. The van der Waals surface area contributed by atoms with Crippen molar-refractivity contribution in [3.8, 4) is 0 Å². The smallest absolute Gasteiger partial charge is 0.170 e. The van der Waals surface area contributed by atoms with E-state index in [1.807, 2.05) is 6.07 Å². The predicted molar refractivity (Wildman–Crippen MR) is 89.4 cm³/mol.